The lowest BCUT2D eigenvalue weighted by Gasteiger charge is -2.18. The summed E-state index contributed by atoms with van der Waals surface area (Å²) in [6, 6.07) is 4.53. The normalized spacial score (nSPS) is 12.8. The molecule has 0 radical (unpaired) electrons. The van der Waals surface area contributed by atoms with E-state index >= 15 is 0 Å². The van der Waals surface area contributed by atoms with Crippen LogP contribution in [0.25, 0.3) is 0 Å². The van der Waals surface area contributed by atoms with Crippen molar-refractivity contribution < 1.29 is 0 Å². The van der Waals surface area contributed by atoms with E-state index in [1.165, 1.54) is 15.0 Å². The summed E-state index contributed by atoms with van der Waals surface area (Å²) in [6.07, 6.45) is 2.10. The highest BCUT2D eigenvalue weighted by atomic mass is 79.9. The summed E-state index contributed by atoms with van der Waals surface area (Å²) >= 11 is 5.42. The van der Waals surface area contributed by atoms with Crippen LogP contribution >= 0.6 is 27.3 Å². The second kappa shape index (κ2) is 6.68. The third kappa shape index (κ3) is 3.27. The van der Waals surface area contributed by atoms with Gasteiger partial charge in [0.1, 0.15) is 0 Å². The van der Waals surface area contributed by atoms with E-state index in [2.05, 4.69) is 57.7 Å². The Labute approximate surface area is 127 Å². The SMILES string of the molecule is CCCNC(c1sccc1Br)c1cc(CC)nn1C. The van der Waals surface area contributed by atoms with E-state index < -0.39 is 0 Å². The topological polar surface area (TPSA) is 29.9 Å². The van der Waals surface area contributed by atoms with Crippen LogP contribution in [-0.2, 0) is 13.5 Å². The van der Waals surface area contributed by atoms with Crippen LogP contribution in [0.15, 0.2) is 22.0 Å². The Morgan fingerprint density at radius 1 is 1.47 bits per heavy atom. The monoisotopic (exact) mass is 341 g/mol. The third-order valence-electron chi connectivity index (χ3n) is 3.13. The molecule has 0 aliphatic heterocycles. The predicted molar refractivity (Wildman–Crippen MR) is 84.7 cm³/mol. The molecule has 1 atom stereocenters. The minimum atomic E-state index is 0.215. The van der Waals surface area contributed by atoms with Crippen LogP contribution in [-0.4, -0.2) is 16.3 Å². The molecule has 0 aliphatic rings. The van der Waals surface area contributed by atoms with Crippen LogP contribution in [0.2, 0.25) is 0 Å². The van der Waals surface area contributed by atoms with E-state index in [0.29, 0.717) is 0 Å². The Morgan fingerprint density at radius 3 is 2.79 bits per heavy atom. The van der Waals surface area contributed by atoms with Gasteiger partial charge in [0.2, 0.25) is 0 Å². The van der Waals surface area contributed by atoms with Crippen molar-refractivity contribution in [2.45, 2.75) is 32.7 Å². The number of nitrogens with one attached hydrogen (secondary N) is 1. The molecule has 104 valence electrons. The average Bonchev–Trinajstić information content (AvgIpc) is 2.98. The van der Waals surface area contributed by atoms with Crippen LogP contribution in [0.4, 0.5) is 0 Å². The lowest BCUT2D eigenvalue weighted by molar-refractivity contribution is 0.557. The highest BCUT2D eigenvalue weighted by Crippen LogP contribution is 2.33. The second-order valence-electron chi connectivity index (χ2n) is 4.56. The number of hydrogen-bond acceptors (Lipinski definition) is 3. The van der Waals surface area contributed by atoms with Gasteiger partial charge in [-0.2, -0.15) is 5.10 Å². The van der Waals surface area contributed by atoms with Gasteiger partial charge in [0.05, 0.1) is 17.4 Å². The minimum Gasteiger partial charge on any atom is -0.304 e. The molecule has 0 fully saturated rings. The van der Waals surface area contributed by atoms with E-state index in [4.69, 9.17) is 0 Å². The van der Waals surface area contributed by atoms with Crippen LogP contribution in [0.1, 0.15) is 42.6 Å². The molecular formula is C14H20BrN3S. The molecule has 0 saturated heterocycles. The number of thiophene rings is 1. The second-order valence-corrected chi connectivity index (χ2v) is 6.36. The quantitative estimate of drug-likeness (QED) is 0.863. The van der Waals surface area contributed by atoms with Gasteiger partial charge in [-0.15, -0.1) is 11.3 Å². The first kappa shape index (κ1) is 14.8. The molecule has 2 aromatic rings. The van der Waals surface area contributed by atoms with Gasteiger partial charge in [0.15, 0.2) is 0 Å². The van der Waals surface area contributed by atoms with Crippen molar-refractivity contribution in [3.8, 4) is 0 Å². The van der Waals surface area contributed by atoms with Gasteiger partial charge in [-0.1, -0.05) is 13.8 Å². The Balaban J connectivity index is 2.36. The van der Waals surface area contributed by atoms with Crippen molar-refractivity contribution in [2.24, 2.45) is 7.05 Å². The summed E-state index contributed by atoms with van der Waals surface area (Å²) in [4.78, 5) is 1.32. The summed E-state index contributed by atoms with van der Waals surface area (Å²) in [5.41, 5.74) is 2.38. The molecule has 0 amide bonds. The summed E-state index contributed by atoms with van der Waals surface area (Å²) in [6.45, 7) is 5.33. The van der Waals surface area contributed by atoms with Crippen molar-refractivity contribution in [1.29, 1.82) is 0 Å². The smallest absolute Gasteiger partial charge is 0.0853 e. The number of hydrogen-bond donors (Lipinski definition) is 1. The lowest BCUT2D eigenvalue weighted by Crippen LogP contribution is -2.24. The van der Waals surface area contributed by atoms with Gasteiger partial charge in [0.25, 0.3) is 0 Å². The van der Waals surface area contributed by atoms with Crippen LogP contribution in [0, 0.1) is 0 Å². The first-order chi connectivity index (χ1) is 9.17. The Kier molecular flexibility index (Phi) is 5.19. The summed E-state index contributed by atoms with van der Waals surface area (Å²) in [7, 11) is 2.02. The number of nitrogens with zero attached hydrogens (tertiary/aromatic N) is 2. The van der Waals surface area contributed by atoms with E-state index in [-0.39, 0.29) is 6.04 Å². The average molecular weight is 342 g/mol. The van der Waals surface area contributed by atoms with E-state index in [1.807, 2.05) is 11.7 Å². The van der Waals surface area contributed by atoms with Crippen molar-refractivity contribution in [3.63, 3.8) is 0 Å². The van der Waals surface area contributed by atoms with Gasteiger partial charge < -0.3 is 5.32 Å². The summed E-state index contributed by atoms with van der Waals surface area (Å²) in [5, 5.41) is 10.3. The van der Waals surface area contributed by atoms with E-state index in [9.17, 15) is 0 Å². The molecule has 1 N–H and O–H groups in total. The van der Waals surface area contributed by atoms with Crippen LogP contribution in [0.5, 0.6) is 0 Å². The zero-order valence-electron chi connectivity index (χ0n) is 11.6. The first-order valence-corrected chi connectivity index (χ1v) is 8.33. The van der Waals surface area contributed by atoms with Gasteiger partial charge in [-0.05, 0) is 52.8 Å². The molecule has 1 unspecified atom stereocenters. The molecular weight excluding hydrogens is 322 g/mol. The fraction of sp³-hybridized carbons (Fsp3) is 0.500. The highest BCUT2D eigenvalue weighted by molar-refractivity contribution is 9.10. The molecule has 3 nitrogen and oxygen atoms in total. The number of aromatic nitrogens is 2. The fourth-order valence-electron chi connectivity index (χ4n) is 2.12. The summed E-state index contributed by atoms with van der Waals surface area (Å²) < 4.78 is 3.17. The number of halogens is 1. The maximum Gasteiger partial charge on any atom is 0.0853 e. The van der Waals surface area contributed by atoms with Gasteiger partial charge in [-0.25, -0.2) is 0 Å². The molecule has 2 heterocycles. The number of aryl methyl sites for hydroxylation is 2. The fourth-order valence-corrected chi connectivity index (χ4v) is 3.81. The zero-order valence-corrected chi connectivity index (χ0v) is 14.0. The Hall–Kier alpha value is -0.650. The molecule has 0 saturated carbocycles. The summed E-state index contributed by atoms with van der Waals surface area (Å²) in [5.74, 6) is 0. The van der Waals surface area contributed by atoms with Gasteiger partial charge >= 0.3 is 0 Å². The Bertz CT molecular complexity index is 533. The number of rotatable bonds is 6. The van der Waals surface area contributed by atoms with Gasteiger partial charge in [-0.3, -0.25) is 4.68 Å². The largest absolute Gasteiger partial charge is 0.304 e. The standard InChI is InChI=1S/C14H20BrN3S/c1-4-7-16-13(14-11(15)6-8-19-14)12-9-10(5-2)17-18(12)3/h6,8-9,13,16H,4-5,7H2,1-3H3. The van der Waals surface area contributed by atoms with Gasteiger partial charge in [0, 0.05) is 16.4 Å². The molecule has 5 heteroatoms. The van der Waals surface area contributed by atoms with Crippen molar-refractivity contribution >= 4 is 27.3 Å². The maximum atomic E-state index is 4.56. The molecule has 0 bridgehead atoms. The van der Waals surface area contributed by atoms with Crippen LogP contribution < -0.4 is 5.32 Å². The highest BCUT2D eigenvalue weighted by Gasteiger charge is 2.21. The molecule has 0 spiro atoms. The minimum absolute atomic E-state index is 0.215. The van der Waals surface area contributed by atoms with Crippen LogP contribution in [0.3, 0.4) is 0 Å². The third-order valence-corrected chi connectivity index (χ3v) is 5.07. The van der Waals surface area contributed by atoms with Crippen molar-refractivity contribution in [1.82, 2.24) is 15.1 Å². The molecule has 0 aliphatic carbocycles. The molecule has 0 aromatic carbocycles. The molecule has 2 rings (SSSR count). The lowest BCUT2D eigenvalue weighted by atomic mass is 10.1. The Morgan fingerprint density at radius 2 is 2.26 bits per heavy atom. The molecule has 2 aromatic heterocycles. The van der Waals surface area contributed by atoms with E-state index in [0.717, 1.165) is 25.1 Å². The van der Waals surface area contributed by atoms with Crippen molar-refractivity contribution in [2.75, 3.05) is 6.54 Å². The first-order valence-electron chi connectivity index (χ1n) is 6.66. The molecule has 19 heavy (non-hydrogen) atoms. The predicted octanol–water partition coefficient (Wildman–Crippen LogP) is 3.90. The maximum absolute atomic E-state index is 4.56. The van der Waals surface area contributed by atoms with E-state index in [1.54, 1.807) is 11.3 Å². The zero-order chi connectivity index (χ0) is 13.8. The van der Waals surface area contributed by atoms with Crippen molar-refractivity contribution in [3.05, 3.63) is 38.3 Å².